The van der Waals surface area contributed by atoms with Crippen LogP contribution in [0.1, 0.15) is 10.6 Å². The van der Waals surface area contributed by atoms with E-state index < -0.39 is 0 Å². The lowest BCUT2D eigenvalue weighted by molar-refractivity contribution is 0.419. The van der Waals surface area contributed by atoms with Crippen LogP contribution in [0.2, 0.25) is 0 Å². The summed E-state index contributed by atoms with van der Waals surface area (Å²) < 4.78 is 6.62. The van der Waals surface area contributed by atoms with E-state index in [9.17, 15) is 10.4 Å². The molecule has 0 amide bonds. The average Bonchev–Trinajstić information content (AvgIpc) is 3.34. The zero-order valence-electron chi connectivity index (χ0n) is 14.8. The van der Waals surface area contributed by atoms with Gasteiger partial charge < -0.3 is 9.52 Å². The van der Waals surface area contributed by atoms with Gasteiger partial charge >= 0.3 is 0 Å². The van der Waals surface area contributed by atoms with E-state index in [-0.39, 0.29) is 17.1 Å². The quantitative estimate of drug-likeness (QED) is 0.275. The molecule has 0 spiro atoms. The highest BCUT2D eigenvalue weighted by molar-refractivity contribution is 7.99. The number of nitriles is 1. The number of aryl methyl sites for hydroxylation is 1. The summed E-state index contributed by atoms with van der Waals surface area (Å²) >= 11 is 2.54. The van der Waals surface area contributed by atoms with Gasteiger partial charge in [0.15, 0.2) is 0 Å². The van der Waals surface area contributed by atoms with E-state index in [1.54, 1.807) is 0 Å². The number of aromatic nitrogens is 3. The Morgan fingerprint density at radius 3 is 2.86 bits per heavy atom. The van der Waals surface area contributed by atoms with Crippen LogP contribution in [-0.4, -0.2) is 26.0 Å². The third kappa shape index (κ3) is 3.76. The Morgan fingerprint density at radius 2 is 2.07 bits per heavy atom. The number of aliphatic hydroxyl groups is 1. The number of nitrogens with zero attached hydrogens (tertiary/aromatic N) is 4. The topological polar surface area (TPSA) is 95.8 Å². The van der Waals surface area contributed by atoms with Crippen LogP contribution < -0.4 is 0 Å². The molecule has 0 bridgehead atoms. The molecule has 0 unspecified atom stereocenters. The van der Waals surface area contributed by atoms with Crippen LogP contribution in [0.25, 0.3) is 27.2 Å². The maximum absolute atomic E-state index is 10.4. The number of thiazole rings is 1. The van der Waals surface area contributed by atoms with Crippen LogP contribution in [0.5, 0.6) is 0 Å². The highest BCUT2D eigenvalue weighted by atomic mass is 32.2. The summed E-state index contributed by atoms with van der Waals surface area (Å²) in [5.74, 6) is 0.483. The minimum Gasteiger partial charge on any atom is -0.510 e. The molecule has 4 rings (SSSR count). The van der Waals surface area contributed by atoms with Crippen LogP contribution in [0, 0.1) is 18.3 Å². The average molecular weight is 406 g/mol. The molecule has 0 saturated carbocycles. The Balaban J connectivity index is 1.52. The van der Waals surface area contributed by atoms with Crippen molar-refractivity contribution in [3.05, 3.63) is 64.9 Å². The Labute approximate surface area is 169 Å². The molecule has 2 aromatic carbocycles. The normalized spacial score (nSPS) is 12.0. The molecule has 0 radical (unpaired) electrons. The summed E-state index contributed by atoms with van der Waals surface area (Å²) in [6.07, 6.45) is 0. The van der Waals surface area contributed by atoms with E-state index >= 15 is 0 Å². The summed E-state index contributed by atoms with van der Waals surface area (Å²) in [4.78, 5) is 4.43. The van der Waals surface area contributed by atoms with Gasteiger partial charge in [0.05, 0.1) is 16.0 Å². The molecule has 0 aliphatic rings. The number of benzene rings is 2. The Kier molecular flexibility index (Phi) is 5.10. The first kappa shape index (κ1) is 18.2. The number of para-hydroxylation sites is 1. The monoisotopic (exact) mass is 406 g/mol. The molecule has 0 atom stereocenters. The standard InChI is InChI=1S/C20H14N4O2S2/c1-12-5-4-6-13(9-12)18-23-24-20(26-18)27-11-16(25)14(10-21)19-22-15-7-2-3-8-17(15)28-19/h2-9,25H,11H2,1H3/b16-14-. The van der Waals surface area contributed by atoms with Gasteiger partial charge in [0.2, 0.25) is 5.89 Å². The molecule has 6 nitrogen and oxygen atoms in total. The molecule has 0 aliphatic heterocycles. The van der Waals surface area contributed by atoms with Crippen molar-refractivity contribution >= 4 is 38.9 Å². The minimum atomic E-state index is -0.0677. The summed E-state index contributed by atoms with van der Waals surface area (Å²) in [6.45, 7) is 1.99. The van der Waals surface area contributed by atoms with Crippen molar-refractivity contribution in [1.82, 2.24) is 15.2 Å². The number of rotatable bonds is 5. The fraction of sp³-hybridized carbons (Fsp3) is 0.100. The van der Waals surface area contributed by atoms with E-state index in [0.29, 0.717) is 16.1 Å². The van der Waals surface area contributed by atoms with Crippen molar-refractivity contribution in [1.29, 1.82) is 5.26 Å². The van der Waals surface area contributed by atoms with Crippen molar-refractivity contribution in [3.8, 4) is 17.5 Å². The van der Waals surface area contributed by atoms with E-state index in [4.69, 9.17) is 4.42 Å². The number of fused-ring (bicyclic) bond motifs is 1. The number of allylic oxidation sites excluding steroid dienone is 1. The summed E-state index contributed by atoms with van der Waals surface area (Å²) in [5, 5.41) is 28.8. The highest BCUT2D eigenvalue weighted by Gasteiger charge is 2.16. The lowest BCUT2D eigenvalue weighted by Crippen LogP contribution is -1.92. The lowest BCUT2D eigenvalue weighted by atomic mass is 10.1. The van der Waals surface area contributed by atoms with Gasteiger partial charge in [0, 0.05) is 5.56 Å². The van der Waals surface area contributed by atoms with E-state index in [2.05, 4.69) is 21.3 Å². The number of hydrogen-bond donors (Lipinski definition) is 1. The summed E-state index contributed by atoms with van der Waals surface area (Å²) in [6, 6.07) is 17.4. The Morgan fingerprint density at radius 1 is 1.21 bits per heavy atom. The molecule has 0 fully saturated rings. The second-order valence-corrected chi connectivity index (χ2v) is 7.91. The molecule has 0 aliphatic carbocycles. The molecule has 0 saturated heterocycles. The smallest absolute Gasteiger partial charge is 0.277 e. The molecule has 28 heavy (non-hydrogen) atoms. The van der Waals surface area contributed by atoms with Crippen molar-refractivity contribution < 1.29 is 9.52 Å². The van der Waals surface area contributed by atoms with Gasteiger partial charge in [-0.1, -0.05) is 41.6 Å². The van der Waals surface area contributed by atoms with Crippen LogP contribution in [0.3, 0.4) is 0 Å². The third-order valence-corrected chi connectivity index (χ3v) is 5.80. The third-order valence-electron chi connectivity index (χ3n) is 3.91. The maximum atomic E-state index is 10.4. The van der Waals surface area contributed by atoms with Gasteiger partial charge in [0.1, 0.15) is 22.4 Å². The fourth-order valence-corrected chi connectivity index (χ4v) is 4.20. The molecule has 2 heterocycles. The number of aliphatic hydroxyl groups excluding tert-OH is 1. The predicted molar refractivity (Wildman–Crippen MR) is 110 cm³/mol. The predicted octanol–water partition coefficient (Wildman–Crippen LogP) is 5.24. The zero-order valence-corrected chi connectivity index (χ0v) is 16.4. The number of hydrogen-bond acceptors (Lipinski definition) is 8. The van der Waals surface area contributed by atoms with Gasteiger partial charge in [-0.3, -0.25) is 0 Å². The van der Waals surface area contributed by atoms with Crippen LogP contribution in [0.4, 0.5) is 0 Å². The van der Waals surface area contributed by atoms with Crippen LogP contribution in [0.15, 0.2) is 63.9 Å². The second-order valence-electron chi connectivity index (χ2n) is 5.95. The Hall–Kier alpha value is -3.15. The lowest BCUT2D eigenvalue weighted by Gasteiger charge is -2.00. The summed E-state index contributed by atoms with van der Waals surface area (Å²) in [5.41, 5.74) is 2.90. The molecule has 1 N–H and O–H groups in total. The van der Waals surface area contributed by atoms with Crippen molar-refractivity contribution in [2.75, 3.05) is 5.75 Å². The van der Waals surface area contributed by atoms with Crippen molar-refractivity contribution in [2.45, 2.75) is 12.1 Å². The zero-order chi connectivity index (χ0) is 19.5. The first-order chi connectivity index (χ1) is 13.6. The SMILES string of the molecule is Cc1cccc(-c2nnc(SC/C(O)=C(\C#N)c3nc4ccccc4s3)o2)c1. The van der Waals surface area contributed by atoms with Crippen LogP contribution >= 0.6 is 23.1 Å². The van der Waals surface area contributed by atoms with Gasteiger partial charge in [-0.2, -0.15) is 5.26 Å². The molecular weight excluding hydrogens is 392 g/mol. The van der Waals surface area contributed by atoms with E-state index in [0.717, 1.165) is 21.3 Å². The first-order valence-corrected chi connectivity index (χ1v) is 10.2. The van der Waals surface area contributed by atoms with Crippen molar-refractivity contribution in [3.63, 3.8) is 0 Å². The molecular formula is C20H14N4O2S2. The number of thioether (sulfide) groups is 1. The van der Waals surface area contributed by atoms with E-state index in [1.165, 1.54) is 23.1 Å². The fourth-order valence-electron chi connectivity index (χ4n) is 2.58. The maximum Gasteiger partial charge on any atom is 0.277 e. The van der Waals surface area contributed by atoms with Crippen molar-refractivity contribution in [2.24, 2.45) is 0 Å². The molecule has 2 aromatic heterocycles. The van der Waals surface area contributed by atoms with Gasteiger partial charge in [-0.05, 0) is 31.2 Å². The molecule has 8 heteroatoms. The molecule has 138 valence electrons. The minimum absolute atomic E-state index is 0.0677. The first-order valence-electron chi connectivity index (χ1n) is 8.35. The highest BCUT2D eigenvalue weighted by Crippen LogP contribution is 2.30. The van der Waals surface area contributed by atoms with Crippen LogP contribution in [-0.2, 0) is 0 Å². The Bertz CT molecular complexity index is 1190. The van der Waals surface area contributed by atoms with Gasteiger partial charge in [0.25, 0.3) is 5.22 Å². The molecule has 4 aromatic rings. The van der Waals surface area contributed by atoms with Gasteiger partial charge in [-0.15, -0.1) is 21.5 Å². The second kappa shape index (κ2) is 7.84. The summed E-state index contributed by atoms with van der Waals surface area (Å²) in [7, 11) is 0. The largest absolute Gasteiger partial charge is 0.510 e. The van der Waals surface area contributed by atoms with Gasteiger partial charge in [-0.25, -0.2) is 4.98 Å². The van der Waals surface area contributed by atoms with E-state index in [1.807, 2.05) is 55.5 Å².